The summed E-state index contributed by atoms with van der Waals surface area (Å²) in [7, 11) is 0. The smallest absolute Gasteiger partial charge is 0.306 e. The summed E-state index contributed by atoms with van der Waals surface area (Å²) in [4.78, 5) is 10.6. The monoisotopic (exact) mass is 158 g/mol. The molecule has 2 nitrogen and oxygen atoms in total. The van der Waals surface area contributed by atoms with Gasteiger partial charge in [-0.1, -0.05) is 34.1 Å². The molecule has 0 aliphatic heterocycles. The Morgan fingerprint density at radius 3 is 2.09 bits per heavy atom. The van der Waals surface area contributed by atoms with Gasteiger partial charge in [-0.3, -0.25) is 4.79 Å². The molecule has 1 N–H and O–H groups in total. The second kappa shape index (κ2) is 4.37. The topological polar surface area (TPSA) is 37.3 Å². The third kappa shape index (κ3) is 2.91. The van der Waals surface area contributed by atoms with Crippen LogP contribution in [0.1, 0.15) is 34.1 Å². The van der Waals surface area contributed by atoms with Crippen molar-refractivity contribution in [1.29, 1.82) is 0 Å². The largest absolute Gasteiger partial charge is 0.481 e. The first kappa shape index (κ1) is 10.5. The number of hydrogen-bond donors (Lipinski definition) is 1. The minimum Gasteiger partial charge on any atom is -0.481 e. The summed E-state index contributed by atoms with van der Waals surface area (Å²) in [6, 6.07) is 0. The van der Waals surface area contributed by atoms with Gasteiger partial charge < -0.3 is 5.11 Å². The summed E-state index contributed by atoms with van der Waals surface area (Å²) in [5, 5.41) is 8.70. The van der Waals surface area contributed by atoms with E-state index in [4.69, 9.17) is 5.11 Å². The molecule has 0 radical (unpaired) electrons. The van der Waals surface area contributed by atoms with Gasteiger partial charge in [0.15, 0.2) is 0 Å². The molecule has 0 rings (SSSR count). The number of carboxylic acids is 1. The van der Waals surface area contributed by atoms with E-state index >= 15 is 0 Å². The number of aliphatic carboxylic acids is 1. The number of hydrogen-bond acceptors (Lipinski definition) is 1. The summed E-state index contributed by atoms with van der Waals surface area (Å²) in [5.74, 6) is -0.124. The van der Waals surface area contributed by atoms with Crippen LogP contribution >= 0.6 is 0 Å². The molecule has 0 bridgehead atoms. The fraction of sp³-hybridized carbons (Fsp3) is 0.889. The molecular weight excluding hydrogens is 140 g/mol. The highest BCUT2D eigenvalue weighted by atomic mass is 16.4. The van der Waals surface area contributed by atoms with Gasteiger partial charge in [-0.25, -0.2) is 0 Å². The number of carbonyl (C=O) groups is 1. The van der Waals surface area contributed by atoms with Crippen molar-refractivity contribution in [3.63, 3.8) is 0 Å². The molecule has 3 unspecified atom stereocenters. The van der Waals surface area contributed by atoms with Crippen molar-refractivity contribution in [3.05, 3.63) is 0 Å². The van der Waals surface area contributed by atoms with E-state index in [2.05, 4.69) is 13.8 Å². The van der Waals surface area contributed by atoms with Crippen molar-refractivity contribution >= 4 is 5.97 Å². The highest BCUT2D eigenvalue weighted by molar-refractivity contribution is 5.69. The molecule has 2 heteroatoms. The van der Waals surface area contributed by atoms with Gasteiger partial charge in [-0.15, -0.1) is 0 Å². The Bertz CT molecular complexity index is 132. The van der Waals surface area contributed by atoms with Gasteiger partial charge in [-0.05, 0) is 11.8 Å². The summed E-state index contributed by atoms with van der Waals surface area (Å²) < 4.78 is 0. The summed E-state index contributed by atoms with van der Waals surface area (Å²) >= 11 is 0. The molecule has 0 heterocycles. The van der Waals surface area contributed by atoms with Gasteiger partial charge >= 0.3 is 5.97 Å². The van der Waals surface area contributed by atoms with E-state index < -0.39 is 5.97 Å². The normalized spacial score (nSPS) is 18.9. The highest BCUT2D eigenvalue weighted by Gasteiger charge is 2.22. The first-order valence-corrected chi connectivity index (χ1v) is 4.23. The Morgan fingerprint density at radius 2 is 1.82 bits per heavy atom. The molecule has 66 valence electrons. The first-order chi connectivity index (χ1) is 5.00. The zero-order valence-electron chi connectivity index (χ0n) is 7.79. The fourth-order valence-corrected chi connectivity index (χ4v) is 1.09. The molecule has 0 saturated heterocycles. The minimum absolute atomic E-state index is 0.218. The van der Waals surface area contributed by atoms with Crippen LogP contribution in [0, 0.1) is 17.8 Å². The average Bonchev–Trinajstić information content (AvgIpc) is 2.00. The van der Waals surface area contributed by atoms with E-state index in [0.717, 1.165) is 6.42 Å². The molecule has 0 aliphatic rings. The van der Waals surface area contributed by atoms with E-state index in [9.17, 15) is 4.79 Å². The molecule has 11 heavy (non-hydrogen) atoms. The van der Waals surface area contributed by atoms with Crippen molar-refractivity contribution in [2.75, 3.05) is 0 Å². The Labute approximate surface area is 68.6 Å². The van der Waals surface area contributed by atoms with Crippen LogP contribution in [-0.2, 0) is 4.79 Å². The summed E-state index contributed by atoms with van der Waals surface area (Å²) in [6.07, 6.45) is 1.05. The maximum absolute atomic E-state index is 10.6. The van der Waals surface area contributed by atoms with Crippen LogP contribution < -0.4 is 0 Å². The van der Waals surface area contributed by atoms with Crippen LogP contribution in [0.3, 0.4) is 0 Å². The third-order valence-electron chi connectivity index (χ3n) is 2.72. The van der Waals surface area contributed by atoms with Crippen molar-refractivity contribution in [3.8, 4) is 0 Å². The Kier molecular flexibility index (Phi) is 4.16. The fourth-order valence-electron chi connectivity index (χ4n) is 1.09. The lowest BCUT2D eigenvalue weighted by molar-refractivity contribution is -0.143. The maximum atomic E-state index is 10.6. The summed E-state index contributed by atoms with van der Waals surface area (Å²) in [5.41, 5.74) is 0. The van der Waals surface area contributed by atoms with Crippen LogP contribution in [0.4, 0.5) is 0 Å². The average molecular weight is 158 g/mol. The van der Waals surface area contributed by atoms with E-state index in [-0.39, 0.29) is 11.8 Å². The lowest BCUT2D eigenvalue weighted by Gasteiger charge is -2.21. The van der Waals surface area contributed by atoms with Gasteiger partial charge in [-0.2, -0.15) is 0 Å². The number of carboxylic acid groups (broad SMARTS) is 1. The molecule has 0 aromatic heterocycles. The van der Waals surface area contributed by atoms with E-state index in [1.165, 1.54) is 0 Å². The van der Waals surface area contributed by atoms with E-state index in [0.29, 0.717) is 5.92 Å². The van der Waals surface area contributed by atoms with Crippen molar-refractivity contribution in [2.24, 2.45) is 17.8 Å². The molecular formula is C9H18O2. The minimum atomic E-state index is -0.683. The first-order valence-electron chi connectivity index (χ1n) is 4.23. The molecule has 0 aliphatic carbocycles. The predicted octanol–water partition coefficient (Wildman–Crippen LogP) is 2.39. The molecule has 0 aromatic carbocycles. The predicted molar refractivity (Wildman–Crippen MR) is 45.4 cm³/mol. The van der Waals surface area contributed by atoms with Crippen LogP contribution in [0.2, 0.25) is 0 Å². The van der Waals surface area contributed by atoms with Crippen LogP contribution in [0.25, 0.3) is 0 Å². The lowest BCUT2D eigenvalue weighted by Crippen LogP contribution is -2.23. The van der Waals surface area contributed by atoms with Gasteiger partial charge in [0.05, 0.1) is 5.92 Å². The van der Waals surface area contributed by atoms with E-state index in [1.54, 1.807) is 6.92 Å². The van der Waals surface area contributed by atoms with Gasteiger partial charge in [0.25, 0.3) is 0 Å². The summed E-state index contributed by atoms with van der Waals surface area (Å²) in [6.45, 7) is 7.98. The zero-order valence-corrected chi connectivity index (χ0v) is 7.79. The third-order valence-corrected chi connectivity index (χ3v) is 2.72. The Hall–Kier alpha value is -0.530. The second-order valence-corrected chi connectivity index (χ2v) is 3.37. The molecule has 0 aromatic rings. The molecule has 0 fully saturated rings. The maximum Gasteiger partial charge on any atom is 0.306 e. The number of rotatable bonds is 4. The highest BCUT2D eigenvalue weighted by Crippen LogP contribution is 2.22. The van der Waals surface area contributed by atoms with Crippen LogP contribution in [0.15, 0.2) is 0 Å². The lowest BCUT2D eigenvalue weighted by atomic mass is 9.84. The van der Waals surface area contributed by atoms with Gasteiger partial charge in [0.2, 0.25) is 0 Å². The standard InChI is InChI=1S/C9H18O2/c1-5-6(2)7(3)8(4)9(10)11/h6-8H,5H2,1-4H3,(H,10,11). The van der Waals surface area contributed by atoms with E-state index in [1.807, 2.05) is 6.92 Å². The van der Waals surface area contributed by atoms with Gasteiger partial charge in [0, 0.05) is 0 Å². The zero-order chi connectivity index (χ0) is 9.02. The molecule has 3 atom stereocenters. The molecule has 0 amide bonds. The SMILES string of the molecule is CCC(C)C(C)C(C)C(=O)O. The Morgan fingerprint density at radius 1 is 1.36 bits per heavy atom. The second-order valence-electron chi connectivity index (χ2n) is 3.37. The van der Waals surface area contributed by atoms with Gasteiger partial charge in [0.1, 0.15) is 0 Å². The van der Waals surface area contributed by atoms with Crippen LogP contribution in [0.5, 0.6) is 0 Å². The van der Waals surface area contributed by atoms with Crippen molar-refractivity contribution < 1.29 is 9.90 Å². The Balaban J connectivity index is 4.00. The van der Waals surface area contributed by atoms with Crippen molar-refractivity contribution in [1.82, 2.24) is 0 Å². The molecule has 0 spiro atoms. The van der Waals surface area contributed by atoms with Crippen molar-refractivity contribution in [2.45, 2.75) is 34.1 Å². The van der Waals surface area contributed by atoms with Crippen LogP contribution in [-0.4, -0.2) is 11.1 Å². The molecule has 0 saturated carbocycles. The quantitative estimate of drug-likeness (QED) is 0.682.